The van der Waals surface area contributed by atoms with E-state index in [9.17, 15) is 9.59 Å². The average Bonchev–Trinajstić information content (AvgIpc) is 2.56. The highest BCUT2D eigenvalue weighted by Gasteiger charge is 2.25. The molecule has 0 radical (unpaired) electrons. The Bertz CT molecular complexity index is 673. The predicted molar refractivity (Wildman–Crippen MR) is 85.1 cm³/mol. The van der Waals surface area contributed by atoms with Gasteiger partial charge in [-0.2, -0.15) is 0 Å². The fourth-order valence-corrected chi connectivity index (χ4v) is 1.65. The lowest BCUT2D eigenvalue weighted by Crippen LogP contribution is -2.51. The number of carbonyl (C=O) groups excluding carboxylic acids is 2. The Morgan fingerprint density at radius 3 is 2.48 bits per heavy atom. The summed E-state index contributed by atoms with van der Waals surface area (Å²) in [6, 6.07) is 4.97. The van der Waals surface area contributed by atoms with Gasteiger partial charge in [0.1, 0.15) is 12.6 Å². The van der Waals surface area contributed by atoms with Gasteiger partial charge in [-0.05, 0) is 43.0 Å². The molecule has 4 N–H and O–H groups in total. The summed E-state index contributed by atoms with van der Waals surface area (Å²) in [5, 5.41) is 11.0. The number of nitrogens with one attached hydrogen (secondary N) is 1. The maximum Gasteiger partial charge on any atom is 0.329 e. The molecule has 1 aromatic rings. The zero-order valence-corrected chi connectivity index (χ0v) is 12.9. The molecule has 0 aromatic heterocycles. The molecule has 23 heavy (non-hydrogen) atoms. The van der Waals surface area contributed by atoms with Crippen LogP contribution in [0.3, 0.4) is 0 Å². The van der Waals surface area contributed by atoms with Crippen LogP contribution in [0.15, 0.2) is 24.3 Å². The molecule has 0 aliphatic rings. The minimum Gasteiger partial charge on any atom is -0.467 e. The molecule has 0 aliphatic heterocycles. The van der Waals surface area contributed by atoms with Gasteiger partial charge in [-0.3, -0.25) is 4.79 Å². The van der Waals surface area contributed by atoms with Gasteiger partial charge < -0.3 is 20.9 Å². The summed E-state index contributed by atoms with van der Waals surface area (Å²) in [4.78, 5) is 23.7. The third kappa shape index (κ3) is 5.84. The van der Waals surface area contributed by atoms with Gasteiger partial charge in [0.05, 0.1) is 7.11 Å². The van der Waals surface area contributed by atoms with Crippen molar-refractivity contribution in [1.82, 2.24) is 5.32 Å². The first kappa shape index (κ1) is 18.2. The molecule has 0 fully saturated rings. The lowest BCUT2D eigenvalue weighted by Gasteiger charge is -2.19. The van der Waals surface area contributed by atoms with Crippen LogP contribution in [-0.2, 0) is 9.53 Å². The number of aliphatic hydroxyl groups excluding tert-OH is 1. The molecule has 1 aromatic carbocycles. The molecule has 1 amide bonds. The fraction of sp³-hybridized carbons (Fsp3) is 0.294. The summed E-state index contributed by atoms with van der Waals surface area (Å²) in [7, 11) is 1.23. The summed E-state index contributed by atoms with van der Waals surface area (Å²) in [5.41, 5.74) is 6.72. The molecular formula is C17H18N2O4. The normalized spacial score (nSPS) is 11.8. The summed E-state index contributed by atoms with van der Waals surface area (Å²) in [5.74, 6) is 9.19. The summed E-state index contributed by atoms with van der Waals surface area (Å²) >= 11 is 0. The van der Waals surface area contributed by atoms with E-state index < -0.39 is 24.0 Å². The quantitative estimate of drug-likeness (QED) is 0.521. The highest BCUT2D eigenvalue weighted by molar-refractivity contribution is 5.97. The van der Waals surface area contributed by atoms with Crippen LogP contribution in [0, 0.1) is 23.7 Å². The zero-order valence-electron chi connectivity index (χ0n) is 12.9. The topological polar surface area (TPSA) is 102 Å². The van der Waals surface area contributed by atoms with Gasteiger partial charge >= 0.3 is 5.97 Å². The van der Waals surface area contributed by atoms with Gasteiger partial charge in [0.25, 0.3) is 5.91 Å². The maximum atomic E-state index is 12.1. The second-order valence-electron chi connectivity index (χ2n) is 4.62. The van der Waals surface area contributed by atoms with Crippen molar-refractivity contribution in [2.24, 2.45) is 5.73 Å². The van der Waals surface area contributed by atoms with Crippen molar-refractivity contribution in [2.45, 2.75) is 19.0 Å². The van der Waals surface area contributed by atoms with E-state index in [-0.39, 0.29) is 6.61 Å². The van der Waals surface area contributed by atoms with Gasteiger partial charge in [0.2, 0.25) is 0 Å². The van der Waals surface area contributed by atoms with Gasteiger partial charge in [-0.15, -0.1) is 0 Å². The second-order valence-corrected chi connectivity index (χ2v) is 4.62. The van der Waals surface area contributed by atoms with E-state index in [1.165, 1.54) is 7.11 Å². The van der Waals surface area contributed by atoms with Crippen LogP contribution < -0.4 is 11.1 Å². The lowest BCUT2D eigenvalue weighted by molar-refractivity contribution is -0.143. The number of benzene rings is 1. The standard InChI is InChI=1S/C17H18N2O4/c1-12(18)15(17(22)23-2)19-16(21)14-9-7-13(8-10-14)6-4-3-5-11-20/h7-10,12,15,20H,11,18H2,1-2H3,(H,19,21)/t12-,15+/m1/s1. The minimum atomic E-state index is -0.916. The number of esters is 1. The van der Waals surface area contributed by atoms with E-state index in [4.69, 9.17) is 10.8 Å². The third-order valence-electron chi connectivity index (χ3n) is 2.85. The maximum absolute atomic E-state index is 12.1. The number of carbonyl (C=O) groups is 2. The van der Waals surface area contributed by atoms with E-state index >= 15 is 0 Å². The van der Waals surface area contributed by atoms with Crippen LogP contribution in [0.1, 0.15) is 22.8 Å². The van der Waals surface area contributed by atoms with Crippen molar-refractivity contribution in [2.75, 3.05) is 13.7 Å². The number of nitrogens with two attached hydrogens (primary N) is 1. The summed E-state index contributed by atoms with van der Waals surface area (Å²) < 4.78 is 4.61. The smallest absolute Gasteiger partial charge is 0.329 e. The molecule has 0 unspecified atom stereocenters. The molecule has 0 bridgehead atoms. The Morgan fingerprint density at radius 2 is 1.96 bits per heavy atom. The molecule has 1 rings (SSSR count). The number of hydrogen-bond acceptors (Lipinski definition) is 5. The van der Waals surface area contributed by atoms with Gasteiger partial charge in [-0.25, -0.2) is 4.79 Å². The van der Waals surface area contributed by atoms with Crippen molar-refractivity contribution in [3.8, 4) is 23.7 Å². The molecular weight excluding hydrogens is 296 g/mol. The molecule has 120 valence electrons. The van der Waals surface area contributed by atoms with Crippen molar-refractivity contribution in [1.29, 1.82) is 0 Å². The van der Waals surface area contributed by atoms with E-state index in [2.05, 4.69) is 33.7 Å². The van der Waals surface area contributed by atoms with E-state index in [0.717, 1.165) is 0 Å². The molecule has 0 heterocycles. The van der Waals surface area contributed by atoms with Crippen LogP contribution in [0.2, 0.25) is 0 Å². The first-order valence-corrected chi connectivity index (χ1v) is 6.83. The van der Waals surface area contributed by atoms with E-state index in [0.29, 0.717) is 11.1 Å². The van der Waals surface area contributed by atoms with Crippen LogP contribution in [0.5, 0.6) is 0 Å². The van der Waals surface area contributed by atoms with Crippen molar-refractivity contribution in [3.63, 3.8) is 0 Å². The van der Waals surface area contributed by atoms with Crippen LogP contribution >= 0.6 is 0 Å². The third-order valence-corrected chi connectivity index (χ3v) is 2.85. The van der Waals surface area contributed by atoms with Crippen molar-refractivity contribution in [3.05, 3.63) is 35.4 Å². The molecule has 0 aliphatic carbocycles. The number of amides is 1. The Kier molecular flexibility index (Phi) is 7.35. The summed E-state index contributed by atoms with van der Waals surface area (Å²) in [6.45, 7) is 1.36. The second kappa shape index (κ2) is 9.26. The largest absolute Gasteiger partial charge is 0.467 e. The van der Waals surface area contributed by atoms with Crippen molar-refractivity contribution >= 4 is 11.9 Å². The number of aliphatic hydroxyl groups is 1. The lowest BCUT2D eigenvalue weighted by atomic mass is 10.1. The fourth-order valence-electron chi connectivity index (χ4n) is 1.65. The molecule has 0 saturated heterocycles. The Labute approximate surface area is 135 Å². The van der Waals surface area contributed by atoms with Gasteiger partial charge in [0, 0.05) is 17.2 Å². The highest BCUT2D eigenvalue weighted by atomic mass is 16.5. The number of methoxy groups -OCH3 is 1. The van der Waals surface area contributed by atoms with Crippen LogP contribution in [0.25, 0.3) is 0 Å². The average molecular weight is 314 g/mol. The van der Waals surface area contributed by atoms with E-state index in [1.54, 1.807) is 31.2 Å². The SMILES string of the molecule is COC(=O)[C@@H](NC(=O)c1ccc(C#CC#CCO)cc1)[C@@H](C)N. The number of hydrogen-bond donors (Lipinski definition) is 3. The molecule has 6 nitrogen and oxygen atoms in total. The molecule has 0 saturated carbocycles. The first-order valence-electron chi connectivity index (χ1n) is 6.83. The Hall–Kier alpha value is -2.80. The van der Waals surface area contributed by atoms with Crippen LogP contribution in [-0.4, -0.2) is 42.8 Å². The van der Waals surface area contributed by atoms with Gasteiger partial charge in [0.15, 0.2) is 0 Å². The molecule has 6 heteroatoms. The number of ether oxygens (including phenoxy) is 1. The monoisotopic (exact) mass is 314 g/mol. The highest BCUT2D eigenvalue weighted by Crippen LogP contribution is 2.05. The van der Waals surface area contributed by atoms with E-state index in [1.807, 2.05) is 0 Å². The zero-order chi connectivity index (χ0) is 17.2. The van der Waals surface area contributed by atoms with Crippen LogP contribution in [0.4, 0.5) is 0 Å². The number of rotatable bonds is 4. The minimum absolute atomic E-state index is 0.241. The predicted octanol–water partition coefficient (Wildman–Crippen LogP) is -0.348. The summed E-state index contributed by atoms with van der Waals surface area (Å²) in [6.07, 6.45) is 0. The van der Waals surface area contributed by atoms with Crippen molar-refractivity contribution < 1.29 is 19.4 Å². The molecule has 0 spiro atoms. The first-order chi connectivity index (χ1) is 11.0. The Balaban J connectivity index is 2.80. The van der Waals surface area contributed by atoms with Gasteiger partial charge in [-0.1, -0.05) is 11.8 Å². The molecule has 2 atom stereocenters. The Morgan fingerprint density at radius 1 is 1.30 bits per heavy atom.